The molecule has 0 atom stereocenters. The molecule has 0 saturated heterocycles. The summed E-state index contributed by atoms with van der Waals surface area (Å²) in [7, 11) is -1.59. The highest BCUT2D eigenvalue weighted by Gasteiger charge is 2.17. The first-order valence-electron chi connectivity index (χ1n) is 3.38. The molecular weight excluding hydrogens is 144 g/mol. The van der Waals surface area contributed by atoms with Crippen molar-refractivity contribution in [2.45, 2.75) is 33.5 Å². The van der Waals surface area contributed by atoms with Crippen LogP contribution >= 0.6 is 0 Å². The quantitative estimate of drug-likeness (QED) is 0.497. The zero-order valence-corrected chi connectivity index (χ0v) is 8.36. The Bertz CT molecular complexity index is 140. The van der Waals surface area contributed by atoms with Crippen LogP contribution in [0.2, 0.25) is 19.6 Å². The van der Waals surface area contributed by atoms with E-state index in [1.54, 1.807) is 0 Å². The fourth-order valence-electron chi connectivity index (χ4n) is 0.392. The smallest absolute Gasteiger partial charge is 0.261 e. The van der Waals surface area contributed by atoms with Crippen LogP contribution in [0.15, 0.2) is 11.5 Å². The Morgan fingerprint density at radius 2 is 1.60 bits per heavy atom. The predicted molar refractivity (Wildman–Crippen MR) is 45.4 cm³/mol. The van der Waals surface area contributed by atoms with E-state index in [9.17, 15) is 0 Å². The molecule has 0 unspecified atom stereocenters. The summed E-state index contributed by atoms with van der Waals surface area (Å²) < 4.78 is 5.27. The van der Waals surface area contributed by atoms with E-state index in [-0.39, 0.29) is 5.95 Å². The molecule has 0 spiro atoms. The lowest BCUT2D eigenvalue weighted by Crippen LogP contribution is -2.25. The first-order valence-corrected chi connectivity index (χ1v) is 6.79. The van der Waals surface area contributed by atoms with E-state index in [0.29, 0.717) is 0 Å². The van der Waals surface area contributed by atoms with Gasteiger partial charge in [-0.1, -0.05) is 0 Å². The van der Waals surface area contributed by atoms with E-state index in [2.05, 4.69) is 0 Å². The van der Waals surface area contributed by atoms with Gasteiger partial charge in [0.15, 0.2) is 0 Å². The fourth-order valence-corrected chi connectivity index (χ4v) is 1.18. The summed E-state index contributed by atoms with van der Waals surface area (Å²) in [5.74, 6) is 0.0965. The number of hydrogen-bond donors (Lipinski definition) is 1. The number of allylic oxidation sites excluding steroid dienone is 1. The number of aliphatic hydroxyl groups is 1. The van der Waals surface area contributed by atoms with Gasteiger partial charge in [-0.3, -0.25) is 0 Å². The highest BCUT2D eigenvalue weighted by Crippen LogP contribution is 2.10. The third-order valence-electron chi connectivity index (χ3n) is 0.831. The van der Waals surface area contributed by atoms with Gasteiger partial charge in [-0.15, -0.1) is 0 Å². The molecule has 3 heteroatoms. The van der Waals surface area contributed by atoms with Crippen LogP contribution in [-0.4, -0.2) is 13.4 Å². The van der Waals surface area contributed by atoms with Crippen molar-refractivity contribution >= 4 is 8.32 Å². The van der Waals surface area contributed by atoms with Gasteiger partial charge in [0.2, 0.25) is 8.32 Å². The molecule has 0 aromatic rings. The second kappa shape index (κ2) is 3.10. The minimum absolute atomic E-state index is 0.0965. The molecule has 1 N–H and O–H groups in total. The van der Waals surface area contributed by atoms with Gasteiger partial charge in [-0.2, -0.15) is 0 Å². The predicted octanol–water partition coefficient (Wildman–Crippen LogP) is 2.65. The Morgan fingerprint density at radius 3 is 1.70 bits per heavy atom. The lowest BCUT2D eigenvalue weighted by atomic mass is 10.4. The average Bonchev–Trinajstić information content (AvgIpc) is 1.60. The molecule has 0 amide bonds. The van der Waals surface area contributed by atoms with E-state index >= 15 is 0 Å². The molecule has 0 radical (unpaired) electrons. The van der Waals surface area contributed by atoms with Crippen molar-refractivity contribution in [1.29, 1.82) is 0 Å². The first-order chi connectivity index (χ1) is 4.33. The summed E-state index contributed by atoms with van der Waals surface area (Å²) in [6, 6.07) is 0. The van der Waals surface area contributed by atoms with Gasteiger partial charge in [0, 0.05) is 5.57 Å². The molecule has 0 fully saturated rings. The second-order valence-electron chi connectivity index (χ2n) is 3.52. The first kappa shape index (κ1) is 9.56. The third kappa shape index (κ3) is 4.44. The van der Waals surface area contributed by atoms with Gasteiger partial charge in [-0.25, -0.2) is 0 Å². The highest BCUT2D eigenvalue weighted by atomic mass is 28.4. The van der Waals surface area contributed by atoms with Crippen molar-refractivity contribution in [1.82, 2.24) is 0 Å². The summed E-state index contributed by atoms with van der Waals surface area (Å²) in [6.07, 6.45) is 0. The Morgan fingerprint density at radius 1 is 1.20 bits per heavy atom. The maximum Gasteiger partial charge on any atom is 0.261 e. The van der Waals surface area contributed by atoms with Crippen molar-refractivity contribution in [2.24, 2.45) is 0 Å². The Labute approximate surface area is 63.7 Å². The molecule has 0 aromatic heterocycles. The van der Waals surface area contributed by atoms with Gasteiger partial charge >= 0.3 is 0 Å². The molecule has 0 aliphatic rings. The van der Waals surface area contributed by atoms with Crippen LogP contribution in [0, 0.1) is 0 Å². The second-order valence-corrected chi connectivity index (χ2v) is 7.95. The lowest BCUT2D eigenvalue weighted by Gasteiger charge is -2.18. The molecule has 2 nitrogen and oxygen atoms in total. The molecule has 0 bridgehead atoms. The minimum atomic E-state index is -1.59. The van der Waals surface area contributed by atoms with Gasteiger partial charge in [0.1, 0.15) is 0 Å². The molecule has 60 valence electrons. The van der Waals surface area contributed by atoms with E-state index in [1.807, 2.05) is 33.5 Å². The van der Waals surface area contributed by atoms with Gasteiger partial charge < -0.3 is 9.53 Å². The molecule has 0 aliphatic carbocycles. The van der Waals surface area contributed by atoms with Crippen LogP contribution < -0.4 is 0 Å². The van der Waals surface area contributed by atoms with Crippen molar-refractivity contribution in [2.75, 3.05) is 0 Å². The molecule has 10 heavy (non-hydrogen) atoms. The Balaban J connectivity index is 4.06. The zero-order chi connectivity index (χ0) is 8.36. The third-order valence-corrected chi connectivity index (χ3v) is 1.64. The highest BCUT2D eigenvalue weighted by molar-refractivity contribution is 6.69. The summed E-state index contributed by atoms with van der Waals surface area (Å²) >= 11 is 0. The lowest BCUT2D eigenvalue weighted by molar-refractivity contribution is 0.198. The Kier molecular flexibility index (Phi) is 2.96. The normalized spacial score (nSPS) is 10.9. The summed E-state index contributed by atoms with van der Waals surface area (Å²) in [6.45, 7) is 9.76. The standard InChI is InChI=1S/C7H16O2Si/c1-6(2)7(8)9-10(3,4)5/h8H,1-5H3. The maximum absolute atomic E-state index is 9.15. The van der Waals surface area contributed by atoms with E-state index in [0.717, 1.165) is 5.57 Å². The van der Waals surface area contributed by atoms with E-state index in [4.69, 9.17) is 9.53 Å². The molecule has 0 heterocycles. The monoisotopic (exact) mass is 160 g/mol. The SMILES string of the molecule is CC(C)=C(O)O[Si](C)(C)C. The topological polar surface area (TPSA) is 29.5 Å². The minimum Gasteiger partial charge on any atom is -0.520 e. The van der Waals surface area contributed by atoms with E-state index in [1.165, 1.54) is 0 Å². The molecule has 0 saturated carbocycles. The molecule has 0 aliphatic heterocycles. The van der Waals surface area contributed by atoms with Crippen LogP contribution in [0.25, 0.3) is 0 Å². The molecular formula is C7H16O2Si. The van der Waals surface area contributed by atoms with E-state index < -0.39 is 8.32 Å². The Hall–Kier alpha value is -0.443. The van der Waals surface area contributed by atoms with Crippen molar-refractivity contribution < 1.29 is 9.53 Å². The molecule has 0 rings (SSSR count). The summed E-state index contributed by atoms with van der Waals surface area (Å²) in [5, 5.41) is 9.15. The summed E-state index contributed by atoms with van der Waals surface area (Å²) in [4.78, 5) is 0. The van der Waals surface area contributed by atoms with Gasteiger partial charge in [-0.05, 0) is 33.5 Å². The average molecular weight is 160 g/mol. The number of hydrogen-bond acceptors (Lipinski definition) is 2. The number of aliphatic hydroxyl groups excluding tert-OH is 1. The number of rotatable bonds is 2. The van der Waals surface area contributed by atoms with Crippen molar-refractivity contribution in [3.63, 3.8) is 0 Å². The largest absolute Gasteiger partial charge is 0.520 e. The van der Waals surface area contributed by atoms with Crippen LogP contribution in [0.4, 0.5) is 0 Å². The van der Waals surface area contributed by atoms with Crippen LogP contribution in [-0.2, 0) is 4.43 Å². The zero-order valence-electron chi connectivity index (χ0n) is 7.36. The van der Waals surface area contributed by atoms with Crippen molar-refractivity contribution in [3.05, 3.63) is 11.5 Å². The van der Waals surface area contributed by atoms with Gasteiger partial charge in [0.25, 0.3) is 5.95 Å². The van der Waals surface area contributed by atoms with Crippen LogP contribution in [0.1, 0.15) is 13.8 Å². The van der Waals surface area contributed by atoms with Gasteiger partial charge in [0.05, 0.1) is 0 Å². The fraction of sp³-hybridized carbons (Fsp3) is 0.714. The maximum atomic E-state index is 9.15. The van der Waals surface area contributed by atoms with Crippen LogP contribution in [0.5, 0.6) is 0 Å². The molecule has 0 aromatic carbocycles. The van der Waals surface area contributed by atoms with Crippen LogP contribution in [0.3, 0.4) is 0 Å². The summed E-state index contributed by atoms with van der Waals surface area (Å²) in [5.41, 5.74) is 0.836. The van der Waals surface area contributed by atoms with Crippen molar-refractivity contribution in [3.8, 4) is 0 Å².